The predicted molar refractivity (Wildman–Crippen MR) is 92.6 cm³/mol. The zero-order chi connectivity index (χ0) is 18.0. The summed E-state index contributed by atoms with van der Waals surface area (Å²) in [6.45, 7) is 0.929. The van der Waals surface area contributed by atoms with Gasteiger partial charge in [0, 0.05) is 23.8 Å². The molecule has 0 saturated carbocycles. The third kappa shape index (κ3) is 4.49. The number of pyridine rings is 1. The molecule has 1 aliphatic heterocycles. The number of anilines is 2. The van der Waals surface area contributed by atoms with Crippen molar-refractivity contribution >= 4 is 44.1 Å². The van der Waals surface area contributed by atoms with Gasteiger partial charge in [0.2, 0.25) is 5.91 Å². The average Bonchev–Trinajstić information content (AvgIpc) is 3.07. The number of nitrogens with zero attached hydrogens (tertiary/aromatic N) is 3. The van der Waals surface area contributed by atoms with Crippen LogP contribution in [0, 0.1) is 5.92 Å². The van der Waals surface area contributed by atoms with Gasteiger partial charge in [0.1, 0.15) is 10.7 Å². The summed E-state index contributed by atoms with van der Waals surface area (Å²) < 4.78 is 39.0. The maximum Gasteiger partial charge on any atom is 0.427 e. The molecular weight excluding hydrogens is 421 g/mol. The van der Waals surface area contributed by atoms with E-state index in [1.165, 1.54) is 0 Å². The smallest absolute Gasteiger partial charge is 0.347 e. The standard InChI is InChI=1S/C15H14BrF3N4OS/c16-10-3-4-12(20-6-10)22-13(24)9-2-1-5-23(8-9)14-21-7-11(25-14)15(17,18)19/h3-4,6-7,9H,1-2,5,8H2,(H,20,22,24). The van der Waals surface area contributed by atoms with Crippen molar-refractivity contribution in [2.45, 2.75) is 19.0 Å². The number of amides is 1. The van der Waals surface area contributed by atoms with Gasteiger partial charge in [-0.1, -0.05) is 11.3 Å². The SMILES string of the molecule is O=C(Nc1ccc(Br)cn1)C1CCCN(c2ncc(C(F)(F)F)s2)C1. The molecule has 10 heteroatoms. The first kappa shape index (κ1) is 18.1. The molecule has 1 unspecified atom stereocenters. The van der Waals surface area contributed by atoms with Gasteiger partial charge in [0.05, 0.1) is 12.1 Å². The molecule has 0 bridgehead atoms. The molecule has 1 fully saturated rings. The molecule has 2 aromatic rings. The van der Waals surface area contributed by atoms with Crippen molar-refractivity contribution in [3.63, 3.8) is 0 Å². The second kappa shape index (κ2) is 7.28. The van der Waals surface area contributed by atoms with E-state index in [0.29, 0.717) is 48.2 Å². The van der Waals surface area contributed by atoms with Crippen molar-refractivity contribution < 1.29 is 18.0 Å². The minimum absolute atomic E-state index is 0.188. The van der Waals surface area contributed by atoms with E-state index in [9.17, 15) is 18.0 Å². The van der Waals surface area contributed by atoms with Crippen LogP contribution in [0.25, 0.3) is 0 Å². The lowest BCUT2D eigenvalue weighted by molar-refractivity contribution is -0.134. The number of rotatable bonds is 3. The lowest BCUT2D eigenvalue weighted by atomic mass is 9.97. The van der Waals surface area contributed by atoms with Gasteiger partial charge in [-0.25, -0.2) is 9.97 Å². The van der Waals surface area contributed by atoms with Gasteiger partial charge in [0.15, 0.2) is 5.13 Å². The predicted octanol–water partition coefficient (Wildman–Crippen LogP) is 4.17. The van der Waals surface area contributed by atoms with E-state index in [1.54, 1.807) is 23.2 Å². The zero-order valence-corrected chi connectivity index (χ0v) is 15.3. The number of hydrogen-bond donors (Lipinski definition) is 1. The molecule has 1 amide bonds. The van der Waals surface area contributed by atoms with Crippen LogP contribution in [0.4, 0.5) is 24.1 Å². The summed E-state index contributed by atoms with van der Waals surface area (Å²) in [5.41, 5.74) is 0. The first-order chi connectivity index (χ1) is 11.8. The molecule has 25 heavy (non-hydrogen) atoms. The second-order valence-corrected chi connectivity index (χ2v) is 7.57. The third-order valence-corrected chi connectivity index (χ3v) is 5.39. The Morgan fingerprint density at radius 1 is 1.32 bits per heavy atom. The van der Waals surface area contributed by atoms with Crippen molar-refractivity contribution in [2.24, 2.45) is 5.92 Å². The summed E-state index contributed by atoms with van der Waals surface area (Å²) in [6, 6.07) is 3.45. The number of carbonyl (C=O) groups is 1. The fraction of sp³-hybridized carbons (Fsp3) is 0.400. The number of alkyl halides is 3. The maximum atomic E-state index is 12.7. The van der Waals surface area contributed by atoms with Crippen LogP contribution < -0.4 is 10.2 Å². The molecule has 5 nitrogen and oxygen atoms in total. The van der Waals surface area contributed by atoms with Crippen LogP contribution >= 0.6 is 27.3 Å². The number of halogens is 4. The largest absolute Gasteiger partial charge is 0.427 e. The van der Waals surface area contributed by atoms with Gasteiger partial charge in [-0.3, -0.25) is 4.79 Å². The molecule has 1 N–H and O–H groups in total. The quantitative estimate of drug-likeness (QED) is 0.787. The molecule has 2 aromatic heterocycles. The molecule has 134 valence electrons. The number of thiazole rings is 1. The van der Waals surface area contributed by atoms with Gasteiger partial charge < -0.3 is 10.2 Å². The van der Waals surface area contributed by atoms with Crippen LogP contribution in [-0.2, 0) is 11.0 Å². The number of hydrogen-bond acceptors (Lipinski definition) is 5. The van der Waals surface area contributed by atoms with Crippen LogP contribution in [0.15, 0.2) is 29.0 Å². The molecule has 0 aromatic carbocycles. The van der Waals surface area contributed by atoms with Crippen molar-refractivity contribution in [1.82, 2.24) is 9.97 Å². The lowest BCUT2D eigenvalue weighted by Gasteiger charge is -2.31. The van der Waals surface area contributed by atoms with E-state index in [-0.39, 0.29) is 11.8 Å². The third-order valence-electron chi connectivity index (χ3n) is 3.81. The van der Waals surface area contributed by atoms with Crippen LogP contribution in [0.3, 0.4) is 0 Å². The number of aromatic nitrogens is 2. The summed E-state index contributed by atoms with van der Waals surface area (Å²) in [6.07, 6.45) is -0.578. The normalized spacial score (nSPS) is 18.2. The van der Waals surface area contributed by atoms with Crippen LogP contribution in [0.2, 0.25) is 0 Å². The summed E-state index contributed by atoms with van der Waals surface area (Å²) in [7, 11) is 0. The Bertz CT molecular complexity index is 750. The Morgan fingerprint density at radius 3 is 2.76 bits per heavy atom. The number of piperidine rings is 1. The number of nitrogens with one attached hydrogen (secondary N) is 1. The fourth-order valence-corrected chi connectivity index (χ4v) is 3.64. The first-order valence-corrected chi connectivity index (χ1v) is 9.14. The summed E-state index contributed by atoms with van der Waals surface area (Å²) in [5, 5.41) is 3.04. The molecule has 0 radical (unpaired) electrons. The highest BCUT2D eigenvalue weighted by atomic mass is 79.9. The lowest BCUT2D eigenvalue weighted by Crippen LogP contribution is -2.40. The molecule has 0 aliphatic carbocycles. The summed E-state index contributed by atoms with van der Waals surface area (Å²) in [4.78, 5) is 21.4. The first-order valence-electron chi connectivity index (χ1n) is 7.53. The van der Waals surface area contributed by atoms with E-state index < -0.39 is 11.1 Å². The molecule has 3 rings (SSSR count). The van der Waals surface area contributed by atoms with Gasteiger partial charge >= 0.3 is 6.18 Å². The topological polar surface area (TPSA) is 58.1 Å². The Hall–Kier alpha value is -1.68. The highest BCUT2D eigenvalue weighted by molar-refractivity contribution is 9.10. The minimum atomic E-state index is -4.39. The van der Waals surface area contributed by atoms with E-state index in [1.807, 2.05) is 0 Å². The minimum Gasteiger partial charge on any atom is -0.347 e. The van der Waals surface area contributed by atoms with E-state index in [2.05, 4.69) is 31.2 Å². The molecule has 3 heterocycles. The van der Waals surface area contributed by atoms with Gasteiger partial charge in [-0.05, 0) is 40.9 Å². The number of carbonyl (C=O) groups excluding carboxylic acids is 1. The van der Waals surface area contributed by atoms with Crippen molar-refractivity contribution in [2.75, 3.05) is 23.3 Å². The fourth-order valence-electron chi connectivity index (χ4n) is 2.59. The molecule has 1 aliphatic rings. The van der Waals surface area contributed by atoms with Crippen molar-refractivity contribution in [1.29, 1.82) is 0 Å². The second-order valence-electron chi connectivity index (χ2n) is 5.64. The van der Waals surface area contributed by atoms with Crippen molar-refractivity contribution in [3.05, 3.63) is 33.9 Å². The van der Waals surface area contributed by atoms with E-state index >= 15 is 0 Å². The molecular formula is C15H14BrF3N4OS. The van der Waals surface area contributed by atoms with Gasteiger partial charge in [-0.2, -0.15) is 13.2 Å². The summed E-state index contributed by atoms with van der Waals surface area (Å²) >= 11 is 3.88. The molecule has 1 atom stereocenters. The highest BCUT2D eigenvalue weighted by Crippen LogP contribution is 2.37. The van der Waals surface area contributed by atoms with Crippen LogP contribution in [-0.4, -0.2) is 29.0 Å². The Balaban J connectivity index is 1.65. The molecule has 1 saturated heterocycles. The Kier molecular flexibility index (Phi) is 5.28. The maximum absolute atomic E-state index is 12.7. The van der Waals surface area contributed by atoms with Crippen molar-refractivity contribution in [3.8, 4) is 0 Å². The van der Waals surface area contributed by atoms with Gasteiger partial charge in [0.25, 0.3) is 0 Å². The molecule has 0 spiro atoms. The van der Waals surface area contributed by atoms with Crippen LogP contribution in [0.5, 0.6) is 0 Å². The summed E-state index contributed by atoms with van der Waals surface area (Å²) in [5.74, 6) is -0.0662. The van der Waals surface area contributed by atoms with Gasteiger partial charge in [-0.15, -0.1) is 0 Å². The van der Waals surface area contributed by atoms with E-state index in [4.69, 9.17) is 0 Å². The zero-order valence-electron chi connectivity index (χ0n) is 12.9. The Morgan fingerprint density at radius 2 is 2.12 bits per heavy atom. The Labute approximate surface area is 154 Å². The monoisotopic (exact) mass is 434 g/mol. The highest BCUT2D eigenvalue weighted by Gasteiger charge is 2.35. The average molecular weight is 435 g/mol. The van der Waals surface area contributed by atoms with Crippen LogP contribution in [0.1, 0.15) is 17.7 Å². The van der Waals surface area contributed by atoms with E-state index in [0.717, 1.165) is 10.7 Å².